The Morgan fingerprint density at radius 3 is 2.61 bits per heavy atom. The second-order valence-electron chi connectivity index (χ2n) is 5.20. The van der Waals surface area contributed by atoms with Gasteiger partial charge in [-0.05, 0) is 38.0 Å². The van der Waals surface area contributed by atoms with Crippen LogP contribution in [0.3, 0.4) is 0 Å². The standard InChI is InChI=1S/C18H22N2O3/c1-4-22-12-16(21)20-11-15-9-6-10-19-18(15)23-17-13(2)7-5-8-14(17)3/h5-10H,4,11-12H2,1-3H3,(H,20,21). The summed E-state index contributed by atoms with van der Waals surface area (Å²) < 4.78 is 11.1. The highest BCUT2D eigenvalue weighted by Gasteiger charge is 2.11. The van der Waals surface area contributed by atoms with Gasteiger partial charge in [0.25, 0.3) is 0 Å². The molecule has 1 N–H and O–H groups in total. The predicted molar refractivity (Wildman–Crippen MR) is 88.6 cm³/mol. The van der Waals surface area contributed by atoms with Crippen molar-refractivity contribution in [2.24, 2.45) is 0 Å². The van der Waals surface area contributed by atoms with Gasteiger partial charge in [-0.25, -0.2) is 4.98 Å². The number of aromatic nitrogens is 1. The van der Waals surface area contributed by atoms with E-state index >= 15 is 0 Å². The number of carbonyl (C=O) groups excluding carboxylic acids is 1. The zero-order valence-corrected chi connectivity index (χ0v) is 13.8. The van der Waals surface area contributed by atoms with Crippen molar-refractivity contribution in [2.45, 2.75) is 27.3 Å². The van der Waals surface area contributed by atoms with Gasteiger partial charge in [0.1, 0.15) is 12.4 Å². The normalized spacial score (nSPS) is 10.4. The molecule has 1 aromatic heterocycles. The molecule has 0 atom stereocenters. The van der Waals surface area contributed by atoms with Crippen molar-refractivity contribution in [3.05, 3.63) is 53.2 Å². The van der Waals surface area contributed by atoms with Crippen LogP contribution >= 0.6 is 0 Å². The largest absolute Gasteiger partial charge is 0.438 e. The summed E-state index contributed by atoms with van der Waals surface area (Å²) in [5, 5.41) is 2.81. The number of amides is 1. The van der Waals surface area contributed by atoms with Crippen molar-refractivity contribution in [1.82, 2.24) is 10.3 Å². The minimum absolute atomic E-state index is 0.0594. The third-order valence-corrected chi connectivity index (χ3v) is 3.37. The smallest absolute Gasteiger partial charge is 0.246 e. The van der Waals surface area contributed by atoms with Gasteiger partial charge in [-0.2, -0.15) is 0 Å². The zero-order valence-electron chi connectivity index (χ0n) is 13.8. The summed E-state index contributed by atoms with van der Waals surface area (Å²) in [7, 11) is 0. The van der Waals surface area contributed by atoms with E-state index in [2.05, 4.69) is 10.3 Å². The van der Waals surface area contributed by atoms with Crippen LogP contribution in [0.5, 0.6) is 11.6 Å². The summed E-state index contributed by atoms with van der Waals surface area (Å²) in [6, 6.07) is 9.69. The fourth-order valence-corrected chi connectivity index (χ4v) is 2.15. The van der Waals surface area contributed by atoms with Gasteiger partial charge in [0.2, 0.25) is 11.8 Å². The molecule has 0 radical (unpaired) electrons. The van der Waals surface area contributed by atoms with Crippen molar-refractivity contribution in [3.63, 3.8) is 0 Å². The Morgan fingerprint density at radius 1 is 1.17 bits per heavy atom. The Bertz CT molecular complexity index is 651. The first-order chi connectivity index (χ1) is 11.1. The Balaban J connectivity index is 2.10. The third kappa shape index (κ3) is 4.79. The lowest BCUT2D eigenvalue weighted by Crippen LogP contribution is -2.27. The molecule has 122 valence electrons. The number of hydrogen-bond acceptors (Lipinski definition) is 4. The van der Waals surface area contributed by atoms with Gasteiger partial charge in [-0.15, -0.1) is 0 Å². The maximum atomic E-state index is 11.7. The SMILES string of the molecule is CCOCC(=O)NCc1cccnc1Oc1c(C)cccc1C. The molecule has 1 amide bonds. The Morgan fingerprint density at radius 2 is 1.91 bits per heavy atom. The molecule has 0 unspecified atom stereocenters. The molecular weight excluding hydrogens is 292 g/mol. The maximum absolute atomic E-state index is 11.7. The van der Waals surface area contributed by atoms with Gasteiger partial charge in [-0.3, -0.25) is 4.79 Å². The highest BCUT2D eigenvalue weighted by Crippen LogP contribution is 2.29. The maximum Gasteiger partial charge on any atom is 0.246 e. The lowest BCUT2D eigenvalue weighted by molar-refractivity contribution is -0.125. The number of rotatable bonds is 7. The number of pyridine rings is 1. The van der Waals surface area contributed by atoms with Gasteiger partial charge in [0.05, 0.1) is 0 Å². The van der Waals surface area contributed by atoms with Crippen molar-refractivity contribution < 1.29 is 14.3 Å². The van der Waals surface area contributed by atoms with Crippen LogP contribution in [-0.4, -0.2) is 24.1 Å². The first-order valence-corrected chi connectivity index (χ1v) is 7.64. The highest BCUT2D eigenvalue weighted by atomic mass is 16.5. The summed E-state index contributed by atoms with van der Waals surface area (Å²) in [5.74, 6) is 1.14. The van der Waals surface area contributed by atoms with E-state index in [9.17, 15) is 4.79 Å². The molecule has 0 aliphatic rings. The first-order valence-electron chi connectivity index (χ1n) is 7.64. The van der Waals surface area contributed by atoms with E-state index in [1.165, 1.54) is 0 Å². The van der Waals surface area contributed by atoms with Crippen molar-refractivity contribution in [1.29, 1.82) is 0 Å². The topological polar surface area (TPSA) is 60.5 Å². The Hall–Kier alpha value is -2.40. The molecule has 0 fully saturated rings. The molecule has 0 aliphatic carbocycles. The molecule has 23 heavy (non-hydrogen) atoms. The van der Waals surface area contributed by atoms with Gasteiger partial charge in [0, 0.05) is 24.9 Å². The van der Waals surface area contributed by atoms with Gasteiger partial charge in [0.15, 0.2) is 0 Å². The lowest BCUT2D eigenvalue weighted by Gasteiger charge is -2.14. The van der Waals surface area contributed by atoms with E-state index in [1.54, 1.807) is 6.20 Å². The second-order valence-corrected chi connectivity index (χ2v) is 5.20. The van der Waals surface area contributed by atoms with Crippen LogP contribution in [0.2, 0.25) is 0 Å². The molecule has 0 bridgehead atoms. The van der Waals surface area contributed by atoms with Crippen LogP contribution in [0.4, 0.5) is 0 Å². The van der Waals surface area contributed by atoms with Gasteiger partial charge >= 0.3 is 0 Å². The monoisotopic (exact) mass is 314 g/mol. The molecule has 0 spiro atoms. The van der Waals surface area contributed by atoms with E-state index in [0.29, 0.717) is 19.0 Å². The number of aryl methyl sites for hydroxylation is 2. The molecule has 2 rings (SSSR count). The van der Waals surface area contributed by atoms with Crippen molar-refractivity contribution in [2.75, 3.05) is 13.2 Å². The highest BCUT2D eigenvalue weighted by molar-refractivity contribution is 5.77. The van der Waals surface area contributed by atoms with Crippen LogP contribution in [0, 0.1) is 13.8 Å². The number of nitrogens with zero attached hydrogens (tertiary/aromatic N) is 1. The lowest BCUT2D eigenvalue weighted by atomic mass is 10.1. The van der Waals surface area contributed by atoms with E-state index in [1.807, 2.05) is 51.1 Å². The molecule has 2 aromatic rings. The van der Waals surface area contributed by atoms with E-state index < -0.39 is 0 Å². The number of carbonyl (C=O) groups is 1. The minimum atomic E-state index is -0.159. The molecular formula is C18H22N2O3. The third-order valence-electron chi connectivity index (χ3n) is 3.37. The average molecular weight is 314 g/mol. The molecule has 5 nitrogen and oxygen atoms in total. The quantitative estimate of drug-likeness (QED) is 0.853. The van der Waals surface area contributed by atoms with Crippen LogP contribution in [-0.2, 0) is 16.1 Å². The molecule has 0 saturated carbocycles. The van der Waals surface area contributed by atoms with Crippen LogP contribution in [0.25, 0.3) is 0 Å². The summed E-state index contributed by atoms with van der Waals surface area (Å²) in [6.07, 6.45) is 1.68. The molecule has 0 aliphatic heterocycles. The molecule has 0 saturated heterocycles. The van der Waals surface area contributed by atoms with Crippen LogP contribution < -0.4 is 10.1 Å². The van der Waals surface area contributed by atoms with E-state index in [-0.39, 0.29) is 12.5 Å². The summed E-state index contributed by atoms with van der Waals surface area (Å²) >= 11 is 0. The number of benzene rings is 1. The fraction of sp³-hybridized carbons (Fsp3) is 0.333. The van der Waals surface area contributed by atoms with Crippen molar-refractivity contribution >= 4 is 5.91 Å². The first kappa shape index (κ1) is 17.0. The van der Waals surface area contributed by atoms with E-state index in [0.717, 1.165) is 22.4 Å². The van der Waals surface area contributed by atoms with E-state index in [4.69, 9.17) is 9.47 Å². The summed E-state index contributed by atoms with van der Waals surface area (Å²) in [4.78, 5) is 15.9. The summed E-state index contributed by atoms with van der Waals surface area (Å²) in [5.41, 5.74) is 2.91. The molecule has 1 heterocycles. The molecule has 1 aromatic carbocycles. The molecule has 5 heteroatoms. The summed E-state index contributed by atoms with van der Waals surface area (Å²) in [6.45, 7) is 6.76. The number of hydrogen-bond donors (Lipinski definition) is 1. The second kappa shape index (κ2) is 8.29. The average Bonchev–Trinajstić information content (AvgIpc) is 2.55. The Kier molecular flexibility index (Phi) is 6.11. The fourth-order valence-electron chi connectivity index (χ4n) is 2.15. The van der Waals surface area contributed by atoms with Crippen LogP contribution in [0.15, 0.2) is 36.5 Å². The van der Waals surface area contributed by atoms with Crippen LogP contribution in [0.1, 0.15) is 23.6 Å². The Labute approximate surface area is 136 Å². The van der Waals surface area contributed by atoms with Crippen molar-refractivity contribution in [3.8, 4) is 11.6 Å². The number of para-hydroxylation sites is 1. The van der Waals surface area contributed by atoms with Gasteiger partial charge in [-0.1, -0.05) is 24.3 Å². The predicted octanol–water partition coefficient (Wildman–Crippen LogP) is 3.14. The zero-order chi connectivity index (χ0) is 16.7. The number of ether oxygens (including phenoxy) is 2. The minimum Gasteiger partial charge on any atom is -0.438 e. The number of nitrogens with one attached hydrogen (secondary N) is 1. The van der Waals surface area contributed by atoms with Gasteiger partial charge < -0.3 is 14.8 Å².